The zero-order chi connectivity index (χ0) is 13.8. The summed E-state index contributed by atoms with van der Waals surface area (Å²) >= 11 is 0. The third-order valence-electron chi connectivity index (χ3n) is 3.36. The molecule has 1 atom stereocenters. The first-order valence-electron chi connectivity index (χ1n) is 6.61. The first kappa shape index (κ1) is 12.5. The average molecular weight is 263 g/mol. The molecular weight excluding hydrogens is 248 g/mol. The molecule has 1 radical (unpaired) electrons. The molecule has 0 fully saturated rings. The van der Waals surface area contributed by atoms with E-state index < -0.39 is 0 Å². The Morgan fingerprint density at radius 2 is 1.80 bits per heavy atom. The summed E-state index contributed by atoms with van der Waals surface area (Å²) < 4.78 is 0. The van der Waals surface area contributed by atoms with Gasteiger partial charge in [-0.1, -0.05) is 36.4 Å². The number of aromatic nitrogens is 1. The van der Waals surface area contributed by atoms with E-state index in [4.69, 9.17) is 0 Å². The molecule has 3 aromatic rings. The van der Waals surface area contributed by atoms with E-state index >= 15 is 0 Å². The van der Waals surface area contributed by atoms with Crippen LogP contribution in [-0.2, 0) is 11.2 Å². The Labute approximate surface area is 117 Å². The van der Waals surface area contributed by atoms with Gasteiger partial charge in [-0.25, -0.2) is 0 Å². The van der Waals surface area contributed by atoms with E-state index in [1.165, 1.54) is 0 Å². The van der Waals surface area contributed by atoms with Crippen molar-refractivity contribution in [3.8, 4) is 0 Å². The second-order valence-electron chi connectivity index (χ2n) is 4.74. The Morgan fingerprint density at radius 3 is 2.60 bits per heavy atom. The molecule has 3 heteroatoms. The number of aromatic amines is 1. The smallest absolute Gasteiger partial charge is 0.223 e. The molecular formula is C17H15N2O. The van der Waals surface area contributed by atoms with E-state index in [9.17, 15) is 4.79 Å². The highest BCUT2D eigenvalue weighted by Crippen LogP contribution is 2.19. The summed E-state index contributed by atoms with van der Waals surface area (Å²) in [5.41, 5.74) is 3.14. The highest BCUT2D eigenvalue weighted by atomic mass is 16.1. The van der Waals surface area contributed by atoms with Crippen LogP contribution in [0.5, 0.6) is 0 Å². The van der Waals surface area contributed by atoms with E-state index in [0.717, 1.165) is 22.2 Å². The van der Waals surface area contributed by atoms with Crippen LogP contribution in [-0.4, -0.2) is 17.3 Å². The summed E-state index contributed by atoms with van der Waals surface area (Å²) in [4.78, 5) is 14.4. The number of anilines is 1. The Morgan fingerprint density at radius 1 is 1.05 bits per heavy atom. The number of fused-ring (bicyclic) bond motifs is 1. The summed E-state index contributed by atoms with van der Waals surface area (Å²) in [6.07, 6.45) is 4.65. The maximum Gasteiger partial charge on any atom is 0.223 e. The van der Waals surface area contributed by atoms with Crippen molar-refractivity contribution >= 4 is 22.9 Å². The van der Waals surface area contributed by atoms with E-state index in [-0.39, 0.29) is 6.04 Å². The van der Waals surface area contributed by atoms with Crippen molar-refractivity contribution in [1.82, 2.24) is 4.98 Å². The van der Waals surface area contributed by atoms with Crippen LogP contribution in [0, 0.1) is 0 Å². The summed E-state index contributed by atoms with van der Waals surface area (Å²) in [7, 11) is 0. The lowest BCUT2D eigenvalue weighted by Gasteiger charge is -2.12. The van der Waals surface area contributed by atoms with Crippen LogP contribution < -0.4 is 5.32 Å². The Hall–Kier alpha value is -2.55. The zero-order valence-corrected chi connectivity index (χ0v) is 11.0. The maximum absolute atomic E-state index is 11.2. The van der Waals surface area contributed by atoms with Gasteiger partial charge in [0.05, 0.1) is 6.04 Å². The Kier molecular flexibility index (Phi) is 3.50. The molecule has 2 N–H and O–H groups in total. The van der Waals surface area contributed by atoms with E-state index in [1.807, 2.05) is 54.7 Å². The van der Waals surface area contributed by atoms with Crippen LogP contribution in [0.2, 0.25) is 0 Å². The van der Waals surface area contributed by atoms with Crippen LogP contribution in [0.3, 0.4) is 0 Å². The lowest BCUT2D eigenvalue weighted by atomic mass is 10.1. The lowest BCUT2D eigenvalue weighted by Crippen LogP contribution is -2.23. The quantitative estimate of drug-likeness (QED) is 0.742. The van der Waals surface area contributed by atoms with E-state index in [1.54, 1.807) is 0 Å². The fourth-order valence-corrected chi connectivity index (χ4v) is 2.38. The Balaban J connectivity index is 1.79. The van der Waals surface area contributed by atoms with Crippen molar-refractivity contribution in [2.24, 2.45) is 0 Å². The highest BCUT2D eigenvalue weighted by molar-refractivity contribution is 5.83. The van der Waals surface area contributed by atoms with Crippen LogP contribution >= 0.6 is 0 Å². The molecule has 0 saturated carbocycles. The van der Waals surface area contributed by atoms with Crippen molar-refractivity contribution in [2.45, 2.75) is 12.5 Å². The van der Waals surface area contributed by atoms with Gasteiger partial charge in [-0.3, -0.25) is 4.79 Å². The minimum atomic E-state index is -0.350. The second-order valence-corrected chi connectivity index (χ2v) is 4.74. The van der Waals surface area contributed by atoms with Gasteiger partial charge in [0.25, 0.3) is 0 Å². The normalized spacial score (nSPS) is 12.2. The maximum atomic E-state index is 11.2. The summed E-state index contributed by atoms with van der Waals surface area (Å²) in [5.74, 6) is 0. The molecule has 0 saturated heterocycles. The number of H-pyrrole nitrogens is 1. The van der Waals surface area contributed by atoms with Gasteiger partial charge in [-0.2, -0.15) is 0 Å². The Bertz CT molecular complexity index is 703. The molecule has 1 aromatic heterocycles. The topological polar surface area (TPSA) is 44.9 Å². The van der Waals surface area contributed by atoms with E-state index in [2.05, 4.69) is 22.7 Å². The summed E-state index contributed by atoms with van der Waals surface area (Å²) in [6.45, 7) is 0. The van der Waals surface area contributed by atoms with Gasteiger partial charge in [0, 0.05) is 29.2 Å². The van der Waals surface area contributed by atoms with Crippen LogP contribution in [0.15, 0.2) is 60.8 Å². The lowest BCUT2D eigenvalue weighted by molar-refractivity contribution is 0.545. The molecule has 3 nitrogen and oxygen atoms in total. The van der Waals surface area contributed by atoms with Crippen LogP contribution in [0.25, 0.3) is 10.9 Å². The van der Waals surface area contributed by atoms with Gasteiger partial charge < -0.3 is 10.3 Å². The van der Waals surface area contributed by atoms with Gasteiger partial charge in [0.1, 0.15) is 0 Å². The minimum Gasteiger partial charge on any atom is -0.375 e. The van der Waals surface area contributed by atoms with Crippen LogP contribution in [0.1, 0.15) is 5.56 Å². The third-order valence-corrected chi connectivity index (χ3v) is 3.36. The van der Waals surface area contributed by atoms with E-state index in [0.29, 0.717) is 6.42 Å². The molecule has 99 valence electrons. The number of benzene rings is 2. The molecule has 0 unspecified atom stereocenters. The summed E-state index contributed by atoms with van der Waals surface area (Å²) in [5, 5.41) is 4.35. The molecule has 0 amide bonds. The molecule has 1 heterocycles. The molecule has 0 aliphatic carbocycles. The number of rotatable bonds is 5. The second kappa shape index (κ2) is 5.61. The zero-order valence-electron chi connectivity index (χ0n) is 11.0. The number of carbonyl (C=O) groups excluding carboxylic acids is 1. The van der Waals surface area contributed by atoms with Gasteiger partial charge in [-0.05, 0) is 23.8 Å². The predicted octanol–water partition coefficient (Wildman–Crippen LogP) is 3.30. The molecule has 3 rings (SSSR count). The van der Waals surface area contributed by atoms with Crippen LogP contribution in [0.4, 0.5) is 5.69 Å². The molecule has 0 spiro atoms. The number of hydrogen-bond acceptors (Lipinski definition) is 2. The van der Waals surface area contributed by atoms with Gasteiger partial charge in [0.2, 0.25) is 6.29 Å². The fraction of sp³-hybridized carbons (Fsp3) is 0.118. The number of nitrogens with one attached hydrogen (secondary N) is 2. The van der Waals surface area contributed by atoms with Crippen molar-refractivity contribution in [3.63, 3.8) is 0 Å². The molecule has 20 heavy (non-hydrogen) atoms. The van der Waals surface area contributed by atoms with Crippen molar-refractivity contribution < 1.29 is 4.79 Å². The SMILES string of the molecule is O=[C][C@H](Cc1c[nH]c2ccccc12)Nc1ccccc1. The molecule has 0 bridgehead atoms. The van der Waals surface area contributed by atoms with Crippen molar-refractivity contribution in [3.05, 3.63) is 66.4 Å². The largest absolute Gasteiger partial charge is 0.375 e. The monoisotopic (exact) mass is 263 g/mol. The molecule has 2 aromatic carbocycles. The third kappa shape index (κ3) is 2.57. The predicted molar refractivity (Wildman–Crippen MR) is 81.5 cm³/mol. The first-order chi connectivity index (χ1) is 9.86. The summed E-state index contributed by atoms with van der Waals surface area (Å²) in [6, 6.07) is 17.5. The highest BCUT2D eigenvalue weighted by Gasteiger charge is 2.12. The average Bonchev–Trinajstić information content (AvgIpc) is 2.91. The van der Waals surface area contributed by atoms with Crippen molar-refractivity contribution in [1.29, 1.82) is 0 Å². The fourth-order valence-electron chi connectivity index (χ4n) is 2.38. The molecule has 0 aliphatic rings. The number of hydrogen-bond donors (Lipinski definition) is 2. The standard InChI is InChI=1S/C17H15N2O/c20-12-15(19-14-6-2-1-3-7-14)10-13-11-18-17-9-5-4-8-16(13)17/h1-9,11,15,18-19H,10H2/t15-/m0/s1. The van der Waals surface area contributed by atoms with Crippen molar-refractivity contribution in [2.75, 3.05) is 5.32 Å². The molecule has 0 aliphatic heterocycles. The van der Waals surface area contributed by atoms with Gasteiger partial charge in [0.15, 0.2) is 0 Å². The first-order valence-corrected chi connectivity index (χ1v) is 6.61. The van der Waals surface area contributed by atoms with Gasteiger partial charge in [-0.15, -0.1) is 0 Å². The van der Waals surface area contributed by atoms with Gasteiger partial charge >= 0.3 is 0 Å². The minimum absolute atomic E-state index is 0.350. The number of para-hydroxylation sites is 2.